The van der Waals surface area contributed by atoms with Gasteiger partial charge in [-0.05, 0) is 177 Å². The minimum Gasteiger partial charge on any atom is -0.457 e. The van der Waals surface area contributed by atoms with Gasteiger partial charge in [-0.2, -0.15) is 8.42 Å². The summed E-state index contributed by atoms with van der Waals surface area (Å²) in [6.07, 6.45) is 0. The fraction of sp³-hybridized carbons (Fsp3) is 0.0702. The van der Waals surface area contributed by atoms with Crippen LogP contribution in [0.3, 0.4) is 0 Å². The minimum absolute atomic E-state index is 0.147. The summed E-state index contributed by atoms with van der Waals surface area (Å²) in [5, 5.41) is 0. The molecular formula is C57H44N8O5S. The number of hydrogen-bond acceptors (Lipinski definition) is 8. The first-order chi connectivity index (χ1) is 34.2. The van der Waals surface area contributed by atoms with Crippen molar-refractivity contribution in [2.45, 2.75) is 32.6 Å². The molecule has 0 aliphatic heterocycles. The Labute approximate surface area is 407 Å². The number of fused-ring (bicyclic) bond motifs is 4. The van der Waals surface area contributed by atoms with Crippen molar-refractivity contribution in [2.24, 2.45) is 0 Å². The smallest absolute Gasteiger partial charge is 0.294 e. The molecule has 71 heavy (non-hydrogen) atoms. The lowest BCUT2D eigenvalue weighted by atomic mass is 9.98. The standard InChI is InChI=1S/C35H26N4O5S.C22H18N4/c1-20-15-25(34(40)22-3-7-27(8-4-22)44-28-9-11-29(12-10-28)45(41,42)43)17-26(16-20)35-38-31-14-6-24(19-33(31)39-35)23-5-13-30-32(18-23)37-21(2)36-30;1-13-4-3-5-17(10-13)22-25-19-9-7-16(12-21(19)26-22)15-6-8-18-20(11-15)24-14(2)23-18/h3-19H,1-2H3,(H,36,37)(H,38,39)(H,41,42,43);3-12H,1-2H3,(H,23,24)(H,25,26). The highest BCUT2D eigenvalue weighted by Crippen LogP contribution is 2.32. The molecule has 348 valence electrons. The molecule has 0 unspecified atom stereocenters. The van der Waals surface area contributed by atoms with E-state index in [1.165, 1.54) is 29.8 Å². The third-order valence-electron chi connectivity index (χ3n) is 12.2. The lowest BCUT2D eigenvalue weighted by Gasteiger charge is -2.08. The van der Waals surface area contributed by atoms with Crippen molar-refractivity contribution in [2.75, 3.05) is 0 Å². The summed E-state index contributed by atoms with van der Waals surface area (Å²) in [7, 11) is -4.28. The Bertz CT molecular complexity index is 4130. The normalized spacial score (nSPS) is 11.6. The first kappa shape index (κ1) is 44.5. The van der Waals surface area contributed by atoms with Crippen LogP contribution in [0.4, 0.5) is 0 Å². The predicted octanol–water partition coefficient (Wildman–Crippen LogP) is 13.1. The number of imidazole rings is 4. The molecule has 0 saturated carbocycles. The van der Waals surface area contributed by atoms with E-state index in [4.69, 9.17) is 19.3 Å². The summed E-state index contributed by atoms with van der Waals surface area (Å²) < 4.78 is 37.4. The Kier molecular flexibility index (Phi) is 11.2. The number of ether oxygens (including phenoxy) is 1. The first-order valence-electron chi connectivity index (χ1n) is 22.8. The number of ketones is 1. The molecule has 12 aromatic rings. The third kappa shape index (κ3) is 9.32. The van der Waals surface area contributed by atoms with Crippen molar-refractivity contribution < 1.29 is 22.5 Å². The molecule has 5 N–H and O–H groups in total. The summed E-state index contributed by atoms with van der Waals surface area (Å²) in [5.41, 5.74) is 17.2. The van der Waals surface area contributed by atoms with Crippen molar-refractivity contribution in [3.8, 4) is 56.5 Å². The largest absolute Gasteiger partial charge is 0.457 e. The van der Waals surface area contributed by atoms with Crippen LogP contribution in [0, 0.1) is 27.7 Å². The van der Waals surface area contributed by atoms with Gasteiger partial charge in [0, 0.05) is 22.3 Å². The van der Waals surface area contributed by atoms with Crippen LogP contribution < -0.4 is 4.74 Å². The van der Waals surface area contributed by atoms with E-state index < -0.39 is 10.1 Å². The molecule has 0 amide bonds. The van der Waals surface area contributed by atoms with Gasteiger partial charge >= 0.3 is 0 Å². The molecule has 0 saturated heterocycles. The van der Waals surface area contributed by atoms with E-state index in [0.29, 0.717) is 28.5 Å². The van der Waals surface area contributed by atoms with Crippen LogP contribution >= 0.6 is 0 Å². The number of aryl methyl sites for hydroxylation is 4. The Hall–Kier alpha value is -8.98. The number of H-pyrrole nitrogens is 4. The van der Waals surface area contributed by atoms with E-state index in [1.54, 1.807) is 24.3 Å². The van der Waals surface area contributed by atoms with Crippen LogP contribution in [-0.2, 0) is 10.1 Å². The summed E-state index contributed by atoms with van der Waals surface area (Å²) in [5.74, 6) is 4.09. The zero-order chi connectivity index (χ0) is 49.0. The molecule has 4 heterocycles. The fourth-order valence-corrected chi connectivity index (χ4v) is 9.26. The second-order valence-electron chi connectivity index (χ2n) is 17.6. The maximum absolute atomic E-state index is 13.5. The SMILES string of the molecule is Cc1cc(C(=O)c2ccc(Oc3ccc(S(=O)(=O)O)cc3)cc2)cc(-c2nc3cc(-c4ccc5[nH]c(C)nc5c4)ccc3[nH]2)c1.Cc1cccc(-c2nc3ccc(-c4ccc5nc(C)[nH]c5c4)cc3[nH]2)c1. The van der Waals surface area contributed by atoms with Crippen molar-refractivity contribution in [3.63, 3.8) is 0 Å². The van der Waals surface area contributed by atoms with Gasteiger partial charge in [0.25, 0.3) is 10.1 Å². The Morgan fingerprint density at radius 3 is 1.61 bits per heavy atom. The van der Waals surface area contributed by atoms with Crippen LogP contribution in [0.2, 0.25) is 0 Å². The first-order valence-corrected chi connectivity index (χ1v) is 24.2. The molecule has 0 radical (unpaired) electrons. The molecule has 14 heteroatoms. The Balaban J connectivity index is 0.000000177. The van der Waals surface area contributed by atoms with Crippen LogP contribution in [0.15, 0.2) is 169 Å². The highest BCUT2D eigenvalue weighted by molar-refractivity contribution is 7.85. The van der Waals surface area contributed by atoms with Crippen molar-refractivity contribution >= 4 is 60.0 Å². The summed E-state index contributed by atoms with van der Waals surface area (Å²) in [6.45, 7) is 7.95. The number of benzene rings is 8. The van der Waals surface area contributed by atoms with E-state index in [2.05, 4.69) is 116 Å². The fourth-order valence-electron chi connectivity index (χ4n) is 8.78. The maximum atomic E-state index is 13.5. The second-order valence-corrected chi connectivity index (χ2v) is 19.0. The van der Waals surface area contributed by atoms with E-state index in [1.807, 2.05) is 57.2 Å². The number of nitrogens with one attached hydrogen (secondary N) is 4. The predicted molar refractivity (Wildman–Crippen MR) is 278 cm³/mol. The van der Waals surface area contributed by atoms with Gasteiger partial charge in [0.2, 0.25) is 0 Å². The van der Waals surface area contributed by atoms with Crippen LogP contribution in [0.5, 0.6) is 11.5 Å². The van der Waals surface area contributed by atoms with Crippen LogP contribution in [0.25, 0.3) is 89.2 Å². The number of nitrogens with zero attached hydrogens (tertiary/aromatic N) is 4. The molecule has 4 aromatic heterocycles. The molecule has 0 spiro atoms. The average Bonchev–Trinajstić information content (AvgIpc) is 4.17. The topological polar surface area (TPSA) is 195 Å². The van der Waals surface area contributed by atoms with Gasteiger partial charge in [-0.25, -0.2) is 19.9 Å². The zero-order valence-electron chi connectivity index (χ0n) is 38.9. The number of carbonyl (C=O) groups excluding carboxylic acids is 1. The lowest BCUT2D eigenvalue weighted by molar-refractivity contribution is 0.103. The van der Waals surface area contributed by atoms with E-state index in [-0.39, 0.29) is 10.7 Å². The van der Waals surface area contributed by atoms with E-state index >= 15 is 0 Å². The van der Waals surface area contributed by atoms with Crippen molar-refractivity contribution in [1.82, 2.24) is 39.9 Å². The molecule has 12 rings (SSSR count). The molecule has 0 fully saturated rings. The second kappa shape index (κ2) is 17.8. The van der Waals surface area contributed by atoms with Gasteiger partial charge in [-0.15, -0.1) is 0 Å². The summed E-state index contributed by atoms with van der Waals surface area (Å²) in [4.78, 5) is 45.3. The van der Waals surface area contributed by atoms with Gasteiger partial charge < -0.3 is 24.7 Å². The monoisotopic (exact) mass is 952 g/mol. The molecular weight excluding hydrogens is 909 g/mol. The Morgan fingerprint density at radius 2 is 0.944 bits per heavy atom. The van der Waals surface area contributed by atoms with Gasteiger partial charge in [-0.3, -0.25) is 9.35 Å². The molecule has 0 aliphatic carbocycles. The molecule has 13 nitrogen and oxygen atoms in total. The molecule has 0 atom stereocenters. The van der Waals surface area contributed by atoms with Crippen molar-refractivity contribution in [1.29, 1.82) is 0 Å². The molecule has 0 bridgehead atoms. The van der Waals surface area contributed by atoms with Crippen LogP contribution in [-0.4, -0.2) is 58.6 Å². The van der Waals surface area contributed by atoms with Gasteiger partial charge in [0.05, 0.1) is 49.0 Å². The van der Waals surface area contributed by atoms with E-state index in [9.17, 15) is 13.2 Å². The van der Waals surface area contributed by atoms with Crippen LogP contribution in [0.1, 0.15) is 38.7 Å². The third-order valence-corrected chi connectivity index (χ3v) is 13.1. The van der Waals surface area contributed by atoms with Gasteiger partial charge in [0.15, 0.2) is 5.78 Å². The van der Waals surface area contributed by atoms with Crippen molar-refractivity contribution in [3.05, 3.63) is 198 Å². The highest BCUT2D eigenvalue weighted by Gasteiger charge is 2.16. The molecule has 8 aromatic carbocycles. The van der Waals surface area contributed by atoms with Gasteiger partial charge in [0.1, 0.15) is 34.8 Å². The Morgan fingerprint density at radius 1 is 0.437 bits per heavy atom. The highest BCUT2D eigenvalue weighted by atomic mass is 32.2. The number of aromatic nitrogens is 8. The maximum Gasteiger partial charge on any atom is 0.294 e. The number of aromatic amines is 4. The van der Waals surface area contributed by atoms with Gasteiger partial charge in [-0.1, -0.05) is 48.0 Å². The lowest BCUT2D eigenvalue weighted by Crippen LogP contribution is -2.02. The quantitative estimate of drug-likeness (QED) is 0.0691. The number of rotatable bonds is 9. The van der Waals surface area contributed by atoms with E-state index in [0.717, 1.165) is 101 Å². The summed E-state index contributed by atoms with van der Waals surface area (Å²) in [6, 6.07) is 51.1. The number of carbonyl (C=O) groups is 1. The average molecular weight is 953 g/mol. The molecule has 0 aliphatic rings. The zero-order valence-corrected chi connectivity index (χ0v) is 39.7. The summed E-state index contributed by atoms with van der Waals surface area (Å²) >= 11 is 0. The minimum atomic E-state index is -4.28. The number of hydrogen-bond donors (Lipinski definition) is 5.